The van der Waals surface area contributed by atoms with Gasteiger partial charge in [0.05, 0.1) is 29.6 Å². The lowest BCUT2D eigenvalue weighted by Crippen LogP contribution is -2.14. The number of carbonyl (C=O) groups is 1. The van der Waals surface area contributed by atoms with E-state index in [9.17, 15) is 4.79 Å². The number of halogens is 2. The standard InChI is InChI=1S/C25H20BrClN2O2/c1-14-10-15(2)24-19(11-14)20(13-21(28-24)16-4-6-17(26)7-5-16)25(30)29-22-12-18(27)8-9-23(22)31-3/h4-13H,1-3H3,(H,29,30). The summed E-state index contributed by atoms with van der Waals surface area (Å²) in [7, 11) is 1.55. The molecule has 1 amide bonds. The second kappa shape index (κ2) is 8.69. The van der Waals surface area contributed by atoms with Crippen LogP contribution in [0.1, 0.15) is 21.5 Å². The van der Waals surface area contributed by atoms with Gasteiger partial charge >= 0.3 is 0 Å². The Balaban J connectivity index is 1.88. The fraction of sp³-hybridized carbons (Fsp3) is 0.120. The summed E-state index contributed by atoms with van der Waals surface area (Å²) >= 11 is 9.60. The predicted octanol–water partition coefficient (Wildman–Crippen LogP) is 7.20. The van der Waals surface area contributed by atoms with Crippen molar-refractivity contribution in [3.63, 3.8) is 0 Å². The van der Waals surface area contributed by atoms with Gasteiger partial charge < -0.3 is 10.1 Å². The minimum Gasteiger partial charge on any atom is -0.495 e. The molecule has 156 valence electrons. The van der Waals surface area contributed by atoms with Crippen LogP contribution in [0.2, 0.25) is 5.02 Å². The quantitative estimate of drug-likeness (QED) is 0.326. The molecule has 0 aliphatic heterocycles. The Bertz CT molecular complexity index is 1300. The van der Waals surface area contributed by atoms with Crippen molar-refractivity contribution in [2.24, 2.45) is 0 Å². The number of benzene rings is 3. The van der Waals surface area contributed by atoms with E-state index in [1.807, 2.05) is 50.2 Å². The van der Waals surface area contributed by atoms with Gasteiger partial charge in [-0.15, -0.1) is 0 Å². The zero-order valence-electron chi connectivity index (χ0n) is 17.3. The van der Waals surface area contributed by atoms with E-state index in [-0.39, 0.29) is 5.91 Å². The average Bonchev–Trinajstić information content (AvgIpc) is 2.74. The average molecular weight is 496 g/mol. The highest BCUT2D eigenvalue weighted by Crippen LogP contribution is 2.31. The molecular weight excluding hydrogens is 476 g/mol. The molecule has 0 unspecified atom stereocenters. The molecule has 1 aromatic heterocycles. The maximum absolute atomic E-state index is 13.4. The Morgan fingerprint density at radius 3 is 2.48 bits per heavy atom. The Labute approximate surface area is 194 Å². The molecule has 0 saturated heterocycles. The van der Waals surface area contributed by atoms with E-state index in [4.69, 9.17) is 21.3 Å². The number of rotatable bonds is 4. The van der Waals surface area contributed by atoms with Gasteiger partial charge in [-0.2, -0.15) is 0 Å². The largest absolute Gasteiger partial charge is 0.495 e. The molecule has 1 heterocycles. The van der Waals surface area contributed by atoms with Crippen molar-refractivity contribution in [1.29, 1.82) is 0 Å². The van der Waals surface area contributed by atoms with Gasteiger partial charge in [0, 0.05) is 20.4 Å². The predicted molar refractivity (Wildman–Crippen MR) is 130 cm³/mol. The molecular formula is C25H20BrClN2O2. The Morgan fingerprint density at radius 2 is 1.77 bits per heavy atom. The van der Waals surface area contributed by atoms with Crippen LogP contribution in [-0.2, 0) is 0 Å². The maximum Gasteiger partial charge on any atom is 0.256 e. The summed E-state index contributed by atoms with van der Waals surface area (Å²) in [6, 6.07) is 18.9. The number of ether oxygens (including phenoxy) is 1. The summed E-state index contributed by atoms with van der Waals surface area (Å²) < 4.78 is 6.36. The molecule has 4 nitrogen and oxygen atoms in total. The molecule has 0 aliphatic carbocycles. The number of aromatic nitrogens is 1. The molecule has 3 aromatic carbocycles. The molecule has 0 fully saturated rings. The molecule has 31 heavy (non-hydrogen) atoms. The van der Waals surface area contributed by atoms with Gasteiger partial charge in [-0.25, -0.2) is 4.98 Å². The number of methoxy groups -OCH3 is 1. The van der Waals surface area contributed by atoms with Crippen LogP contribution < -0.4 is 10.1 Å². The summed E-state index contributed by atoms with van der Waals surface area (Å²) in [5.41, 5.74) is 5.60. The molecule has 6 heteroatoms. The first-order valence-corrected chi connectivity index (χ1v) is 10.9. The van der Waals surface area contributed by atoms with Crippen molar-refractivity contribution in [3.8, 4) is 17.0 Å². The van der Waals surface area contributed by atoms with Crippen molar-refractivity contribution in [2.75, 3.05) is 12.4 Å². The first-order valence-electron chi connectivity index (χ1n) is 9.68. The minimum atomic E-state index is -0.253. The first kappa shape index (κ1) is 21.3. The SMILES string of the molecule is COc1ccc(Cl)cc1NC(=O)c1cc(-c2ccc(Br)cc2)nc2c(C)cc(C)cc12. The van der Waals surface area contributed by atoms with E-state index < -0.39 is 0 Å². The zero-order valence-corrected chi connectivity index (χ0v) is 19.6. The molecule has 0 bridgehead atoms. The third kappa shape index (κ3) is 4.43. The zero-order chi connectivity index (χ0) is 22.1. The van der Waals surface area contributed by atoms with Crippen LogP contribution in [0.25, 0.3) is 22.2 Å². The summed E-state index contributed by atoms with van der Waals surface area (Å²) in [6.07, 6.45) is 0. The topological polar surface area (TPSA) is 51.2 Å². The van der Waals surface area contributed by atoms with E-state index in [0.29, 0.717) is 22.0 Å². The van der Waals surface area contributed by atoms with E-state index >= 15 is 0 Å². The number of nitrogens with one attached hydrogen (secondary N) is 1. The molecule has 4 rings (SSSR count). The molecule has 0 saturated carbocycles. The third-order valence-electron chi connectivity index (χ3n) is 5.04. The highest BCUT2D eigenvalue weighted by Gasteiger charge is 2.17. The minimum absolute atomic E-state index is 0.253. The van der Waals surface area contributed by atoms with Crippen LogP contribution in [-0.4, -0.2) is 18.0 Å². The maximum atomic E-state index is 13.4. The second-order valence-electron chi connectivity index (χ2n) is 7.34. The second-order valence-corrected chi connectivity index (χ2v) is 8.69. The number of anilines is 1. The van der Waals surface area contributed by atoms with Crippen molar-refractivity contribution in [1.82, 2.24) is 4.98 Å². The van der Waals surface area contributed by atoms with Gasteiger partial charge in [-0.05, 0) is 61.9 Å². The highest BCUT2D eigenvalue weighted by atomic mass is 79.9. The number of aryl methyl sites for hydroxylation is 2. The van der Waals surface area contributed by atoms with Crippen LogP contribution in [0.5, 0.6) is 5.75 Å². The lowest BCUT2D eigenvalue weighted by molar-refractivity contribution is 0.102. The molecule has 0 aliphatic rings. The number of hydrogen-bond acceptors (Lipinski definition) is 3. The lowest BCUT2D eigenvalue weighted by Gasteiger charge is -2.14. The van der Waals surface area contributed by atoms with Crippen LogP contribution in [0, 0.1) is 13.8 Å². The lowest BCUT2D eigenvalue weighted by atomic mass is 9.99. The molecule has 0 spiro atoms. The van der Waals surface area contributed by atoms with Gasteiger partial charge in [0.15, 0.2) is 0 Å². The fourth-order valence-electron chi connectivity index (χ4n) is 3.60. The summed E-state index contributed by atoms with van der Waals surface area (Å²) in [4.78, 5) is 18.3. The number of fused-ring (bicyclic) bond motifs is 1. The van der Waals surface area contributed by atoms with Gasteiger partial charge in [-0.3, -0.25) is 4.79 Å². The monoisotopic (exact) mass is 494 g/mol. The first-order chi connectivity index (χ1) is 14.9. The van der Waals surface area contributed by atoms with Crippen LogP contribution >= 0.6 is 27.5 Å². The van der Waals surface area contributed by atoms with Crippen LogP contribution in [0.15, 0.2) is 65.1 Å². The van der Waals surface area contributed by atoms with Gasteiger partial charge in [0.2, 0.25) is 0 Å². The van der Waals surface area contributed by atoms with Gasteiger partial charge in [0.1, 0.15) is 5.75 Å². The number of amides is 1. The molecule has 1 N–H and O–H groups in total. The van der Waals surface area contributed by atoms with Crippen molar-refractivity contribution < 1.29 is 9.53 Å². The number of pyridine rings is 1. The smallest absolute Gasteiger partial charge is 0.256 e. The van der Waals surface area contributed by atoms with Gasteiger partial charge in [0.25, 0.3) is 5.91 Å². The molecule has 4 aromatic rings. The summed E-state index contributed by atoms with van der Waals surface area (Å²) in [5.74, 6) is 0.285. The number of carbonyl (C=O) groups excluding carboxylic acids is 1. The van der Waals surface area contributed by atoms with E-state index in [0.717, 1.165) is 37.8 Å². The highest BCUT2D eigenvalue weighted by molar-refractivity contribution is 9.10. The van der Waals surface area contributed by atoms with Crippen molar-refractivity contribution in [3.05, 3.63) is 86.8 Å². The normalized spacial score (nSPS) is 10.9. The van der Waals surface area contributed by atoms with Gasteiger partial charge in [-0.1, -0.05) is 51.3 Å². The summed E-state index contributed by atoms with van der Waals surface area (Å²) in [5, 5.41) is 4.27. The number of hydrogen-bond donors (Lipinski definition) is 1. The van der Waals surface area contributed by atoms with Crippen LogP contribution in [0.4, 0.5) is 5.69 Å². The third-order valence-corrected chi connectivity index (χ3v) is 5.81. The fourth-order valence-corrected chi connectivity index (χ4v) is 4.04. The van der Waals surface area contributed by atoms with Crippen molar-refractivity contribution >= 4 is 50.0 Å². The van der Waals surface area contributed by atoms with E-state index in [1.54, 1.807) is 25.3 Å². The van der Waals surface area contributed by atoms with Crippen molar-refractivity contribution in [2.45, 2.75) is 13.8 Å². The number of nitrogens with zero attached hydrogens (tertiary/aromatic N) is 1. The molecule has 0 radical (unpaired) electrons. The summed E-state index contributed by atoms with van der Waals surface area (Å²) in [6.45, 7) is 4.02. The Morgan fingerprint density at radius 1 is 1.03 bits per heavy atom. The molecule has 0 atom stereocenters. The van der Waals surface area contributed by atoms with E-state index in [1.165, 1.54) is 0 Å². The Hall–Kier alpha value is -2.89. The van der Waals surface area contributed by atoms with Crippen LogP contribution in [0.3, 0.4) is 0 Å². The van der Waals surface area contributed by atoms with E-state index in [2.05, 4.69) is 27.3 Å². The Kier molecular flexibility index (Phi) is 5.99.